The molecule has 292 valence electrons. The minimum Gasteiger partial charge on any atom is -0.314 e. The topological polar surface area (TPSA) is 109 Å². The molecule has 2 aromatic rings. The van der Waals surface area contributed by atoms with Crippen LogP contribution in [0.5, 0.6) is 0 Å². The molecule has 0 unspecified atom stereocenters. The standard InChI is InChI=1S/C40H72N12.3Zn/c1-5-39(6-2-37(1)33-49-25-17-43-13-9-41-10-14-44-18-26-49)35-51-29-21-47-23-31-52(32-24-48-22-30-51)36-40-7-3-38(4-8-40)34-50-27-19-45-15-11-42-12-16-46-20-28-50;;;/h1-8,41-48H,9-36H2;;;/q;3*+2. The molecular formula is C40H72N12Zn3+6. The average molecular weight is 917 g/mol. The molecule has 0 bridgehead atoms. The largest absolute Gasteiger partial charge is 2.00 e. The number of nitrogens with zero attached hydrogens (tertiary/aromatic N) is 4. The van der Waals surface area contributed by atoms with E-state index in [1.807, 2.05) is 0 Å². The van der Waals surface area contributed by atoms with Crippen LogP contribution in [0.3, 0.4) is 0 Å². The molecule has 0 atom stereocenters. The summed E-state index contributed by atoms with van der Waals surface area (Å²) in [4.78, 5) is 10.3. The summed E-state index contributed by atoms with van der Waals surface area (Å²) in [6.45, 7) is 29.1. The van der Waals surface area contributed by atoms with Gasteiger partial charge in [0.15, 0.2) is 0 Å². The van der Waals surface area contributed by atoms with E-state index in [9.17, 15) is 0 Å². The van der Waals surface area contributed by atoms with E-state index < -0.39 is 0 Å². The van der Waals surface area contributed by atoms with Gasteiger partial charge in [-0.05, 0) is 22.3 Å². The van der Waals surface area contributed by atoms with Crippen LogP contribution in [0.2, 0.25) is 0 Å². The summed E-state index contributed by atoms with van der Waals surface area (Å²) in [5.74, 6) is 0. The fourth-order valence-corrected chi connectivity index (χ4v) is 7.22. The molecule has 3 fully saturated rings. The molecule has 0 saturated carbocycles. The number of rotatable bonds is 8. The smallest absolute Gasteiger partial charge is 0.314 e. The molecule has 3 saturated heterocycles. The van der Waals surface area contributed by atoms with Gasteiger partial charge < -0.3 is 42.5 Å². The summed E-state index contributed by atoms with van der Waals surface area (Å²) in [5.41, 5.74) is 5.62. The number of hydrogen-bond donors (Lipinski definition) is 8. The molecule has 55 heavy (non-hydrogen) atoms. The molecular weight excluding hydrogens is 845 g/mol. The predicted molar refractivity (Wildman–Crippen MR) is 217 cm³/mol. The molecule has 2 aromatic carbocycles. The van der Waals surface area contributed by atoms with Crippen LogP contribution in [0.25, 0.3) is 0 Å². The van der Waals surface area contributed by atoms with Crippen molar-refractivity contribution < 1.29 is 58.4 Å². The molecule has 0 radical (unpaired) electrons. The Kier molecular flexibility index (Phi) is 30.3. The van der Waals surface area contributed by atoms with E-state index >= 15 is 0 Å². The molecule has 15 heteroatoms. The molecule has 3 heterocycles. The van der Waals surface area contributed by atoms with Crippen molar-refractivity contribution in [3.05, 3.63) is 70.8 Å². The third kappa shape index (κ3) is 22.7. The Hall–Kier alpha value is -0.170. The summed E-state index contributed by atoms with van der Waals surface area (Å²) >= 11 is 0. The van der Waals surface area contributed by atoms with Crippen LogP contribution in [-0.2, 0) is 84.6 Å². The van der Waals surface area contributed by atoms with E-state index in [0.717, 1.165) is 183 Å². The third-order valence-electron chi connectivity index (χ3n) is 10.4. The molecule has 0 spiro atoms. The van der Waals surface area contributed by atoms with E-state index in [-0.39, 0.29) is 58.4 Å². The fraction of sp³-hybridized carbons (Fsp3) is 0.700. The summed E-state index contributed by atoms with van der Waals surface area (Å²) in [6.07, 6.45) is 0. The maximum absolute atomic E-state index is 3.75. The van der Waals surface area contributed by atoms with Crippen molar-refractivity contribution >= 4 is 0 Å². The van der Waals surface area contributed by atoms with E-state index in [0.29, 0.717) is 0 Å². The van der Waals surface area contributed by atoms with Crippen molar-refractivity contribution in [1.29, 1.82) is 0 Å². The Morgan fingerprint density at radius 1 is 0.255 bits per heavy atom. The SMILES string of the molecule is [Zn+2].[Zn+2].[Zn+2].c1cc(CN2CCNCCN(Cc3ccc(CN4CCNCCNCCNCC4)cc3)CCNCC2)ccc1CN1CCNCCNCCNCC1. The number of nitrogens with one attached hydrogen (secondary N) is 8. The van der Waals surface area contributed by atoms with Gasteiger partial charge in [0, 0.05) is 183 Å². The Labute approximate surface area is 372 Å². The average Bonchev–Trinajstić information content (AvgIpc) is 3.14. The van der Waals surface area contributed by atoms with E-state index in [4.69, 9.17) is 0 Å². The van der Waals surface area contributed by atoms with Gasteiger partial charge in [-0.3, -0.25) is 19.6 Å². The molecule has 12 nitrogen and oxygen atoms in total. The third-order valence-corrected chi connectivity index (χ3v) is 10.4. The van der Waals surface area contributed by atoms with Crippen LogP contribution < -0.4 is 42.5 Å². The first-order valence-corrected chi connectivity index (χ1v) is 20.5. The van der Waals surface area contributed by atoms with Crippen molar-refractivity contribution in [2.75, 3.05) is 157 Å². The minimum atomic E-state index is 0. The predicted octanol–water partition coefficient (Wildman–Crippen LogP) is -0.655. The fourth-order valence-electron chi connectivity index (χ4n) is 7.22. The maximum Gasteiger partial charge on any atom is 2.00 e. The zero-order chi connectivity index (χ0) is 35.7. The van der Waals surface area contributed by atoms with Gasteiger partial charge in [-0.1, -0.05) is 48.5 Å². The molecule has 0 aromatic heterocycles. The van der Waals surface area contributed by atoms with Gasteiger partial charge in [0.05, 0.1) is 0 Å². The van der Waals surface area contributed by atoms with Gasteiger partial charge in [-0.2, -0.15) is 0 Å². The zero-order valence-corrected chi connectivity index (χ0v) is 43.2. The zero-order valence-electron chi connectivity index (χ0n) is 34.3. The summed E-state index contributed by atoms with van der Waals surface area (Å²) in [6, 6.07) is 18.8. The quantitative estimate of drug-likeness (QED) is 0.162. The maximum atomic E-state index is 3.75. The Balaban J connectivity index is 0.00000348. The molecule has 3 aliphatic heterocycles. The van der Waals surface area contributed by atoms with Gasteiger partial charge in [-0.25, -0.2) is 0 Å². The van der Waals surface area contributed by atoms with E-state index in [1.54, 1.807) is 0 Å². The second-order valence-corrected chi connectivity index (χ2v) is 14.7. The van der Waals surface area contributed by atoms with Crippen LogP contribution >= 0.6 is 0 Å². The molecule has 0 amide bonds. The first-order valence-electron chi connectivity index (χ1n) is 20.5. The molecule has 5 rings (SSSR count). The Morgan fingerprint density at radius 2 is 0.400 bits per heavy atom. The van der Waals surface area contributed by atoms with Crippen molar-refractivity contribution in [3.63, 3.8) is 0 Å². The monoisotopic (exact) mass is 912 g/mol. The van der Waals surface area contributed by atoms with Crippen LogP contribution in [0.1, 0.15) is 22.3 Å². The summed E-state index contributed by atoms with van der Waals surface area (Å²) in [7, 11) is 0. The molecule has 3 aliphatic rings. The minimum absolute atomic E-state index is 0. The second kappa shape index (κ2) is 32.7. The first-order chi connectivity index (χ1) is 25.8. The normalized spacial score (nSPS) is 21.2. The van der Waals surface area contributed by atoms with Gasteiger partial charge in [0.25, 0.3) is 0 Å². The second-order valence-electron chi connectivity index (χ2n) is 14.7. The number of benzene rings is 2. The summed E-state index contributed by atoms with van der Waals surface area (Å²) in [5, 5.41) is 28.8. The van der Waals surface area contributed by atoms with Crippen molar-refractivity contribution in [2.45, 2.75) is 26.2 Å². The van der Waals surface area contributed by atoms with Crippen LogP contribution in [0, 0.1) is 0 Å². The van der Waals surface area contributed by atoms with Gasteiger partial charge in [0.1, 0.15) is 0 Å². The Morgan fingerprint density at radius 3 is 0.582 bits per heavy atom. The van der Waals surface area contributed by atoms with Crippen molar-refractivity contribution in [1.82, 2.24) is 62.1 Å². The van der Waals surface area contributed by atoms with Crippen molar-refractivity contribution in [2.24, 2.45) is 0 Å². The van der Waals surface area contributed by atoms with E-state index in [1.165, 1.54) is 22.3 Å². The van der Waals surface area contributed by atoms with Crippen LogP contribution in [-0.4, -0.2) is 177 Å². The van der Waals surface area contributed by atoms with Crippen molar-refractivity contribution in [3.8, 4) is 0 Å². The summed E-state index contributed by atoms with van der Waals surface area (Å²) < 4.78 is 0. The van der Waals surface area contributed by atoms with Crippen LogP contribution in [0.4, 0.5) is 0 Å². The van der Waals surface area contributed by atoms with Gasteiger partial charge in [-0.15, -0.1) is 0 Å². The van der Waals surface area contributed by atoms with Gasteiger partial charge in [0.2, 0.25) is 0 Å². The van der Waals surface area contributed by atoms with Crippen LogP contribution in [0.15, 0.2) is 48.5 Å². The van der Waals surface area contributed by atoms with E-state index in [2.05, 4.69) is 111 Å². The molecule has 8 N–H and O–H groups in total. The first kappa shape index (κ1) is 51.0. The Bertz CT molecular complexity index is 1060. The number of hydrogen-bond acceptors (Lipinski definition) is 12. The molecule has 0 aliphatic carbocycles. The van der Waals surface area contributed by atoms with Gasteiger partial charge >= 0.3 is 58.4 Å².